The molecule has 1 atom stereocenters. The van der Waals surface area contributed by atoms with Crippen molar-refractivity contribution in [1.29, 1.82) is 0 Å². The molecule has 0 spiro atoms. The monoisotopic (exact) mass is 440 g/mol. The number of hydrogen-bond acceptors (Lipinski definition) is 3. The van der Waals surface area contributed by atoms with Gasteiger partial charge in [0.15, 0.2) is 0 Å². The van der Waals surface area contributed by atoms with Gasteiger partial charge in [-0.2, -0.15) is 26.3 Å². The summed E-state index contributed by atoms with van der Waals surface area (Å²) in [6.45, 7) is 5.44. The van der Waals surface area contributed by atoms with Crippen LogP contribution >= 0.6 is 0 Å². The molecule has 0 saturated carbocycles. The van der Waals surface area contributed by atoms with Crippen molar-refractivity contribution in [2.24, 2.45) is 0 Å². The van der Waals surface area contributed by atoms with Crippen molar-refractivity contribution < 1.29 is 40.7 Å². The first-order valence-corrected chi connectivity index (χ1v) is 9.14. The van der Waals surface area contributed by atoms with E-state index in [-0.39, 0.29) is 12.6 Å². The summed E-state index contributed by atoms with van der Waals surface area (Å²) in [7, 11) is 0. The third-order valence-electron chi connectivity index (χ3n) is 4.26. The van der Waals surface area contributed by atoms with Crippen molar-refractivity contribution in [3.8, 4) is 0 Å². The molecule has 0 bridgehead atoms. The van der Waals surface area contributed by atoms with E-state index in [4.69, 9.17) is 4.74 Å². The van der Waals surface area contributed by atoms with Crippen LogP contribution in [0.15, 0.2) is 18.2 Å². The Balaban J connectivity index is 2.18. The van der Waals surface area contributed by atoms with Gasteiger partial charge in [-0.25, -0.2) is 4.79 Å². The molecule has 11 heteroatoms. The molecule has 2 amide bonds. The molecule has 1 aromatic rings. The third kappa shape index (κ3) is 6.53. The van der Waals surface area contributed by atoms with E-state index in [0.717, 1.165) is 0 Å². The number of benzene rings is 1. The highest BCUT2D eigenvalue weighted by Gasteiger charge is 2.38. The number of amides is 2. The van der Waals surface area contributed by atoms with Crippen LogP contribution in [0.1, 0.15) is 55.1 Å². The molecule has 1 saturated heterocycles. The molecule has 2 rings (SSSR count). The maximum atomic E-state index is 13.0. The fourth-order valence-electron chi connectivity index (χ4n) is 2.94. The number of ether oxygens (including phenoxy) is 1. The number of hydrogen-bond donors (Lipinski definition) is 1. The van der Waals surface area contributed by atoms with E-state index in [1.54, 1.807) is 20.8 Å². The number of likely N-dealkylation sites (tertiary alicyclic amines) is 1. The molecular formula is C19H22F6N2O3. The highest BCUT2D eigenvalue weighted by molar-refractivity contribution is 5.95. The maximum absolute atomic E-state index is 13.0. The van der Waals surface area contributed by atoms with E-state index in [0.29, 0.717) is 31.5 Å². The Bertz CT molecular complexity index is 767. The van der Waals surface area contributed by atoms with E-state index >= 15 is 0 Å². The molecule has 1 aromatic carbocycles. The largest absolute Gasteiger partial charge is 0.444 e. The second-order valence-electron chi connectivity index (χ2n) is 8.03. The molecule has 5 nitrogen and oxygen atoms in total. The lowest BCUT2D eigenvalue weighted by molar-refractivity contribution is -0.143. The fourth-order valence-corrected chi connectivity index (χ4v) is 2.94. The minimum atomic E-state index is -5.05. The summed E-state index contributed by atoms with van der Waals surface area (Å²) < 4.78 is 83.1. The molecule has 1 N–H and O–H groups in total. The van der Waals surface area contributed by atoms with Crippen LogP contribution in [0, 0.1) is 0 Å². The van der Waals surface area contributed by atoms with Gasteiger partial charge in [-0.1, -0.05) is 0 Å². The number of nitrogens with zero attached hydrogens (tertiary/aromatic N) is 1. The Labute approximate surface area is 169 Å². The minimum absolute atomic E-state index is 0.0335. The minimum Gasteiger partial charge on any atom is -0.444 e. The zero-order valence-electron chi connectivity index (χ0n) is 16.6. The Morgan fingerprint density at radius 1 is 1.00 bits per heavy atom. The van der Waals surface area contributed by atoms with Crippen LogP contribution in [-0.4, -0.2) is 41.6 Å². The van der Waals surface area contributed by atoms with Crippen LogP contribution in [0.3, 0.4) is 0 Å². The number of nitrogens with one attached hydrogen (secondary N) is 1. The molecule has 1 fully saturated rings. The zero-order valence-corrected chi connectivity index (χ0v) is 16.6. The number of piperidine rings is 1. The van der Waals surface area contributed by atoms with Crippen molar-refractivity contribution in [1.82, 2.24) is 10.2 Å². The van der Waals surface area contributed by atoms with Gasteiger partial charge >= 0.3 is 18.4 Å². The Morgan fingerprint density at radius 3 is 2.00 bits per heavy atom. The lowest BCUT2D eigenvalue weighted by Gasteiger charge is -2.34. The number of rotatable bonds is 2. The average Bonchev–Trinajstić information content (AvgIpc) is 2.58. The van der Waals surface area contributed by atoms with Crippen molar-refractivity contribution in [2.75, 3.05) is 13.1 Å². The van der Waals surface area contributed by atoms with E-state index < -0.39 is 52.7 Å². The Kier molecular flexibility index (Phi) is 6.63. The quantitative estimate of drug-likeness (QED) is 0.669. The van der Waals surface area contributed by atoms with Crippen molar-refractivity contribution in [3.63, 3.8) is 0 Å². The molecule has 168 valence electrons. The Morgan fingerprint density at radius 2 is 1.53 bits per heavy atom. The first-order valence-electron chi connectivity index (χ1n) is 9.14. The van der Waals surface area contributed by atoms with Gasteiger partial charge in [-0.05, 0) is 51.8 Å². The van der Waals surface area contributed by atoms with Crippen LogP contribution in [0.2, 0.25) is 0 Å². The molecule has 1 heterocycles. The number of halogens is 6. The van der Waals surface area contributed by atoms with Crippen LogP contribution < -0.4 is 5.32 Å². The van der Waals surface area contributed by atoms with Crippen molar-refractivity contribution in [3.05, 3.63) is 34.9 Å². The standard InChI is InChI=1S/C19H22F6N2O3/c1-17(2,3)30-16(29)27-6-4-5-14(10-27)26-15(28)11-7-12(18(20,21)22)9-13(8-11)19(23,24)25/h7-9,14H,4-6,10H2,1-3H3,(H,26,28). The zero-order chi connectivity index (χ0) is 22.9. The van der Waals surface area contributed by atoms with Gasteiger partial charge in [-0.15, -0.1) is 0 Å². The summed E-state index contributed by atoms with van der Waals surface area (Å²) in [4.78, 5) is 25.9. The van der Waals surface area contributed by atoms with Crippen LogP contribution in [0.25, 0.3) is 0 Å². The van der Waals surface area contributed by atoms with Crippen LogP contribution in [-0.2, 0) is 17.1 Å². The van der Waals surface area contributed by atoms with Gasteiger partial charge in [-0.3, -0.25) is 4.79 Å². The fraction of sp³-hybridized carbons (Fsp3) is 0.579. The summed E-state index contributed by atoms with van der Waals surface area (Å²) in [5.41, 5.74) is -4.63. The molecule has 1 unspecified atom stereocenters. The third-order valence-corrected chi connectivity index (χ3v) is 4.26. The summed E-state index contributed by atoms with van der Waals surface area (Å²) >= 11 is 0. The highest BCUT2D eigenvalue weighted by Crippen LogP contribution is 2.36. The number of carbonyl (C=O) groups excluding carboxylic acids is 2. The normalized spacial score (nSPS) is 18.2. The van der Waals surface area contributed by atoms with Gasteiger partial charge in [0.05, 0.1) is 11.1 Å². The Hall–Kier alpha value is -2.46. The predicted octanol–water partition coefficient (Wildman–Crippen LogP) is 4.85. The van der Waals surface area contributed by atoms with Crippen molar-refractivity contribution in [2.45, 2.75) is 57.6 Å². The van der Waals surface area contributed by atoms with Crippen LogP contribution in [0.4, 0.5) is 31.1 Å². The van der Waals surface area contributed by atoms with Crippen LogP contribution in [0.5, 0.6) is 0 Å². The molecule has 1 aliphatic rings. The highest BCUT2D eigenvalue weighted by atomic mass is 19.4. The summed E-state index contributed by atoms with van der Waals surface area (Å²) in [5.74, 6) is -1.08. The number of carbonyl (C=O) groups is 2. The van der Waals surface area contributed by atoms with E-state index in [1.165, 1.54) is 4.90 Å². The number of alkyl halides is 6. The van der Waals surface area contributed by atoms with Gasteiger partial charge in [0.2, 0.25) is 0 Å². The van der Waals surface area contributed by atoms with Gasteiger partial charge in [0, 0.05) is 24.7 Å². The topological polar surface area (TPSA) is 58.6 Å². The second kappa shape index (κ2) is 8.35. The van der Waals surface area contributed by atoms with Gasteiger partial charge < -0.3 is 15.0 Å². The second-order valence-corrected chi connectivity index (χ2v) is 8.03. The summed E-state index contributed by atoms with van der Waals surface area (Å²) in [6, 6.07) is 0.0716. The van der Waals surface area contributed by atoms with E-state index in [2.05, 4.69) is 5.32 Å². The predicted molar refractivity (Wildman–Crippen MR) is 94.7 cm³/mol. The molecule has 0 radical (unpaired) electrons. The summed E-state index contributed by atoms with van der Waals surface area (Å²) in [5, 5.41) is 2.42. The molecule has 1 aliphatic heterocycles. The van der Waals surface area contributed by atoms with Gasteiger partial charge in [0.25, 0.3) is 5.91 Å². The maximum Gasteiger partial charge on any atom is 0.416 e. The molecule has 30 heavy (non-hydrogen) atoms. The molecular weight excluding hydrogens is 418 g/mol. The van der Waals surface area contributed by atoms with Crippen molar-refractivity contribution >= 4 is 12.0 Å². The first kappa shape index (κ1) is 23.8. The SMILES string of the molecule is CC(C)(C)OC(=O)N1CCCC(NC(=O)c2cc(C(F)(F)F)cc(C(F)(F)F)c2)C1. The first-order chi connectivity index (χ1) is 13.6. The lowest BCUT2D eigenvalue weighted by Crippen LogP contribution is -2.50. The van der Waals surface area contributed by atoms with E-state index in [1.807, 2.05) is 0 Å². The molecule has 0 aromatic heterocycles. The van der Waals surface area contributed by atoms with E-state index in [9.17, 15) is 35.9 Å². The average molecular weight is 440 g/mol. The van der Waals surface area contributed by atoms with Gasteiger partial charge in [0.1, 0.15) is 5.60 Å². The smallest absolute Gasteiger partial charge is 0.416 e. The molecule has 0 aliphatic carbocycles. The lowest BCUT2D eigenvalue weighted by atomic mass is 10.0. The summed E-state index contributed by atoms with van der Waals surface area (Å²) in [6.07, 6.45) is -9.81.